The fourth-order valence-electron chi connectivity index (χ4n) is 2.10. The Labute approximate surface area is 110 Å². The van der Waals surface area contributed by atoms with E-state index in [1.54, 1.807) is 0 Å². The first-order valence-corrected chi connectivity index (χ1v) is 6.64. The highest BCUT2D eigenvalue weighted by atomic mass is 16.5. The molecule has 0 fully saturated rings. The third kappa shape index (κ3) is 4.77. The van der Waals surface area contributed by atoms with E-state index < -0.39 is 0 Å². The van der Waals surface area contributed by atoms with Crippen molar-refractivity contribution in [3.8, 4) is 0 Å². The van der Waals surface area contributed by atoms with Crippen LogP contribution in [0.5, 0.6) is 0 Å². The van der Waals surface area contributed by atoms with Gasteiger partial charge in [0.25, 0.3) is 0 Å². The lowest BCUT2D eigenvalue weighted by Gasteiger charge is -2.27. The second-order valence-corrected chi connectivity index (χ2v) is 4.49. The van der Waals surface area contributed by atoms with Crippen molar-refractivity contribution >= 4 is 0 Å². The summed E-state index contributed by atoms with van der Waals surface area (Å²) in [5, 5.41) is 3.31. The third-order valence-electron chi connectivity index (χ3n) is 2.94. The Kier molecular flexibility index (Phi) is 6.94. The van der Waals surface area contributed by atoms with E-state index in [4.69, 9.17) is 9.47 Å². The molecule has 102 valence electrons. The van der Waals surface area contributed by atoms with Crippen molar-refractivity contribution in [2.75, 3.05) is 20.3 Å². The largest absolute Gasteiger partial charge is 0.379 e. The minimum Gasteiger partial charge on any atom is -0.379 e. The molecule has 1 rings (SSSR count). The standard InChI is InChI=1S/C15H25NO2/c1-5-17-11-12(2)18-13(3)15(16-4)14-9-7-6-8-10-14/h6-10,12-13,15-16H,5,11H2,1-4H3. The molecular formula is C15H25NO2. The molecule has 0 aliphatic carbocycles. The predicted molar refractivity (Wildman–Crippen MR) is 74.7 cm³/mol. The van der Waals surface area contributed by atoms with Gasteiger partial charge in [0.1, 0.15) is 0 Å². The summed E-state index contributed by atoms with van der Waals surface area (Å²) >= 11 is 0. The maximum atomic E-state index is 5.97. The smallest absolute Gasteiger partial charge is 0.0785 e. The Morgan fingerprint density at radius 3 is 2.39 bits per heavy atom. The summed E-state index contributed by atoms with van der Waals surface area (Å²) in [7, 11) is 1.96. The first-order valence-electron chi connectivity index (χ1n) is 6.64. The number of hydrogen-bond acceptors (Lipinski definition) is 3. The monoisotopic (exact) mass is 251 g/mol. The summed E-state index contributed by atoms with van der Waals surface area (Å²) in [6, 6.07) is 10.6. The molecule has 0 aliphatic rings. The van der Waals surface area contributed by atoms with Gasteiger partial charge in [0.05, 0.1) is 24.9 Å². The van der Waals surface area contributed by atoms with Gasteiger partial charge in [-0.05, 0) is 33.4 Å². The van der Waals surface area contributed by atoms with Gasteiger partial charge in [-0.1, -0.05) is 30.3 Å². The van der Waals surface area contributed by atoms with Crippen molar-refractivity contribution in [3.05, 3.63) is 35.9 Å². The Balaban J connectivity index is 2.55. The maximum Gasteiger partial charge on any atom is 0.0785 e. The number of hydrogen-bond donors (Lipinski definition) is 1. The van der Waals surface area contributed by atoms with E-state index >= 15 is 0 Å². The fourth-order valence-corrected chi connectivity index (χ4v) is 2.10. The summed E-state index contributed by atoms with van der Waals surface area (Å²) in [5.41, 5.74) is 1.25. The number of likely N-dealkylation sites (N-methyl/N-ethyl adjacent to an activating group) is 1. The van der Waals surface area contributed by atoms with Crippen molar-refractivity contribution in [3.63, 3.8) is 0 Å². The minimum absolute atomic E-state index is 0.104. The Morgan fingerprint density at radius 2 is 1.83 bits per heavy atom. The molecule has 0 amide bonds. The molecule has 0 aliphatic heterocycles. The summed E-state index contributed by atoms with van der Waals surface area (Å²) in [6.07, 6.45) is 0.215. The van der Waals surface area contributed by atoms with E-state index in [9.17, 15) is 0 Å². The Bertz CT molecular complexity index is 316. The molecule has 0 saturated heterocycles. The summed E-state index contributed by atoms with van der Waals surface area (Å²) in [5.74, 6) is 0. The van der Waals surface area contributed by atoms with Gasteiger partial charge >= 0.3 is 0 Å². The van der Waals surface area contributed by atoms with Gasteiger partial charge in [0.15, 0.2) is 0 Å². The number of nitrogens with one attached hydrogen (secondary N) is 1. The molecular weight excluding hydrogens is 226 g/mol. The quantitative estimate of drug-likeness (QED) is 0.770. The molecule has 18 heavy (non-hydrogen) atoms. The van der Waals surface area contributed by atoms with Crippen LogP contribution in [0.25, 0.3) is 0 Å². The molecule has 0 spiro atoms. The van der Waals surface area contributed by atoms with Crippen LogP contribution in [0.15, 0.2) is 30.3 Å². The van der Waals surface area contributed by atoms with Crippen LogP contribution in [-0.2, 0) is 9.47 Å². The van der Waals surface area contributed by atoms with Gasteiger partial charge < -0.3 is 14.8 Å². The zero-order valence-corrected chi connectivity index (χ0v) is 11.8. The van der Waals surface area contributed by atoms with Crippen LogP contribution in [0.2, 0.25) is 0 Å². The highest BCUT2D eigenvalue weighted by Crippen LogP contribution is 2.19. The van der Waals surface area contributed by atoms with Gasteiger partial charge in [0, 0.05) is 6.61 Å². The van der Waals surface area contributed by atoms with Crippen molar-refractivity contribution < 1.29 is 9.47 Å². The molecule has 0 aromatic heterocycles. The van der Waals surface area contributed by atoms with Crippen LogP contribution >= 0.6 is 0 Å². The van der Waals surface area contributed by atoms with Crippen LogP contribution < -0.4 is 5.32 Å². The van der Waals surface area contributed by atoms with Crippen LogP contribution in [0.4, 0.5) is 0 Å². The Hall–Kier alpha value is -0.900. The lowest BCUT2D eigenvalue weighted by molar-refractivity contribution is -0.0518. The van der Waals surface area contributed by atoms with E-state index in [0.29, 0.717) is 6.61 Å². The summed E-state index contributed by atoms with van der Waals surface area (Å²) in [4.78, 5) is 0. The molecule has 1 aromatic rings. The van der Waals surface area contributed by atoms with Crippen molar-refractivity contribution in [2.45, 2.75) is 39.0 Å². The maximum absolute atomic E-state index is 5.97. The Morgan fingerprint density at radius 1 is 1.17 bits per heavy atom. The van der Waals surface area contributed by atoms with Gasteiger partial charge in [-0.2, -0.15) is 0 Å². The summed E-state index contributed by atoms with van der Waals surface area (Å²) in [6.45, 7) is 7.51. The van der Waals surface area contributed by atoms with E-state index in [-0.39, 0.29) is 18.2 Å². The minimum atomic E-state index is 0.104. The van der Waals surface area contributed by atoms with Crippen LogP contribution in [0, 0.1) is 0 Å². The molecule has 3 unspecified atom stereocenters. The van der Waals surface area contributed by atoms with Crippen LogP contribution in [0.3, 0.4) is 0 Å². The lowest BCUT2D eigenvalue weighted by Crippen LogP contribution is -2.33. The highest BCUT2D eigenvalue weighted by Gasteiger charge is 2.19. The lowest BCUT2D eigenvalue weighted by atomic mass is 10.0. The van der Waals surface area contributed by atoms with E-state index in [2.05, 4.69) is 36.5 Å². The topological polar surface area (TPSA) is 30.5 Å². The van der Waals surface area contributed by atoms with Gasteiger partial charge in [-0.3, -0.25) is 0 Å². The van der Waals surface area contributed by atoms with E-state index in [0.717, 1.165) is 6.61 Å². The zero-order valence-electron chi connectivity index (χ0n) is 11.8. The molecule has 0 heterocycles. The van der Waals surface area contributed by atoms with Gasteiger partial charge in [-0.25, -0.2) is 0 Å². The second-order valence-electron chi connectivity index (χ2n) is 4.49. The number of benzene rings is 1. The SMILES string of the molecule is CCOCC(C)OC(C)C(NC)c1ccccc1. The van der Waals surface area contributed by atoms with Crippen molar-refractivity contribution in [1.29, 1.82) is 0 Å². The molecule has 0 bridgehead atoms. The average Bonchev–Trinajstić information content (AvgIpc) is 2.38. The van der Waals surface area contributed by atoms with Crippen molar-refractivity contribution in [2.24, 2.45) is 0 Å². The molecule has 0 saturated carbocycles. The number of rotatable bonds is 8. The first-order chi connectivity index (χ1) is 8.69. The molecule has 3 atom stereocenters. The van der Waals surface area contributed by atoms with Crippen LogP contribution in [-0.4, -0.2) is 32.5 Å². The molecule has 1 N–H and O–H groups in total. The molecule has 3 nitrogen and oxygen atoms in total. The average molecular weight is 251 g/mol. The summed E-state index contributed by atoms with van der Waals surface area (Å²) < 4.78 is 11.3. The first kappa shape index (κ1) is 15.2. The second kappa shape index (κ2) is 8.25. The zero-order chi connectivity index (χ0) is 13.4. The molecule has 1 aromatic carbocycles. The fraction of sp³-hybridized carbons (Fsp3) is 0.600. The third-order valence-corrected chi connectivity index (χ3v) is 2.94. The molecule has 3 heteroatoms. The highest BCUT2D eigenvalue weighted by molar-refractivity contribution is 5.19. The van der Waals surface area contributed by atoms with Gasteiger partial charge in [0.2, 0.25) is 0 Å². The van der Waals surface area contributed by atoms with Crippen molar-refractivity contribution in [1.82, 2.24) is 5.32 Å². The van der Waals surface area contributed by atoms with E-state index in [1.165, 1.54) is 5.56 Å². The van der Waals surface area contributed by atoms with Crippen LogP contribution in [0.1, 0.15) is 32.4 Å². The van der Waals surface area contributed by atoms with Gasteiger partial charge in [-0.15, -0.1) is 0 Å². The normalized spacial score (nSPS) is 16.2. The molecule has 0 radical (unpaired) electrons. The van der Waals surface area contributed by atoms with E-state index in [1.807, 2.05) is 27.0 Å². The predicted octanol–water partition coefficient (Wildman–Crippen LogP) is 2.78. The number of ether oxygens (including phenoxy) is 2.